The maximum absolute atomic E-state index is 12.3. The second-order valence-electron chi connectivity index (χ2n) is 6.72. The van der Waals surface area contributed by atoms with E-state index in [2.05, 4.69) is 4.72 Å². The molecule has 0 saturated carbocycles. The third-order valence-corrected chi connectivity index (χ3v) is 6.61. The molecule has 146 valence electrons. The van der Waals surface area contributed by atoms with Gasteiger partial charge in [0.1, 0.15) is 5.75 Å². The molecule has 1 aliphatic heterocycles. The van der Waals surface area contributed by atoms with Crippen LogP contribution in [0.1, 0.15) is 24.0 Å². The Balaban J connectivity index is 1.83. The van der Waals surface area contributed by atoms with Crippen molar-refractivity contribution >= 4 is 27.7 Å². The summed E-state index contributed by atoms with van der Waals surface area (Å²) in [5.41, 5.74) is 1.81. The van der Waals surface area contributed by atoms with Crippen LogP contribution in [0.4, 0.5) is 0 Å². The zero-order valence-corrected chi connectivity index (χ0v) is 17.2. The largest absolute Gasteiger partial charge is 0.484 e. The lowest BCUT2D eigenvalue weighted by Gasteiger charge is -2.32. The van der Waals surface area contributed by atoms with Crippen molar-refractivity contribution in [1.29, 1.82) is 0 Å². The molecule has 0 aliphatic carbocycles. The molecule has 1 saturated heterocycles. The Hall–Kier alpha value is -1.35. The van der Waals surface area contributed by atoms with Gasteiger partial charge in [-0.15, -0.1) is 0 Å². The van der Waals surface area contributed by atoms with Crippen LogP contribution in [0.15, 0.2) is 12.1 Å². The second-order valence-corrected chi connectivity index (χ2v) is 9.01. The maximum atomic E-state index is 12.3. The Morgan fingerprint density at radius 1 is 1.27 bits per heavy atom. The minimum Gasteiger partial charge on any atom is -0.484 e. The Kier molecular flexibility index (Phi) is 6.90. The summed E-state index contributed by atoms with van der Waals surface area (Å²) in [6.07, 6.45) is 1.16. The van der Waals surface area contributed by atoms with Gasteiger partial charge in [-0.25, -0.2) is 0 Å². The minimum atomic E-state index is -3.45. The minimum absolute atomic E-state index is 0.0470. The van der Waals surface area contributed by atoms with Crippen molar-refractivity contribution < 1.29 is 17.9 Å². The van der Waals surface area contributed by atoms with Crippen LogP contribution in [0.25, 0.3) is 0 Å². The smallest absolute Gasteiger partial charge is 0.279 e. The van der Waals surface area contributed by atoms with Gasteiger partial charge in [-0.3, -0.25) is 4.79 Å². The Morgan fingerprint density at radius 2 is 1.81 bits per heavy atom. The fourth-order valence-corrected chi connectivity index (χ4v) is 3.77. The van der Waals surface area contributed by atoms with Gasteiger partial charge in [-0.05, 0) is 49.9 Å². The maximum Gasteiger partial charge on any atom is 0.279 e. The van der Waals surface area contributed by atoms with Crippen LogP contribution in [0.2, 0.25) is 5.02 Å². The van der Waals surface area contributed by atoms with E-state index >= 15 is 0 Å². The average molecular weight is 404 g/mol. The number of ether oxygens (including phenoxy) is 1. The van der Waals surface area contributed by atoms with E-state index in [-0.39, 0.29) is 18.6 Å². The average Bonchev–Trinajstić information content (AvgIpc) is 2.57. The van der Waals surface area contributed by atoms with E-state index in [1.54, 1.807) is 4.90 Å². The summed E-state index contributed by atoms with van der Waals surface area (Å²) in [5, 5.41) is 0.700. The van der Waals surface area contributed by atoms with E-state index in [9.17, 15) is 13.2 Å². The zero-order valence-electron chi connectivity index (χ0n) is 15.6. The molecule has 0 unspecified atom stereocenters. The standard InChI is InChI=1S/C17H26ClN3O4S/c1-12-9-15(10-13(2)17(12)18)25-11-16(22)21-7-5-14(6-8-21)19-26(23,24)20(3)4/h9-10,14,19H,5-8,11H2,1-4H3. The first kappa shape index (κ1) is 21.0. The molecular weight excluding hydrogens is 378 g/mol. The van der Waals surface area contributed by atoms with Crippen LogP contribution >= 0.6 is 11.6 Å². The number of amides is 1. The lowest BCUT2D eigenvalue weighted by Crippen LogP contribution is -2.49. The number of likely N-dealkylation sites (tertiary alicyclic amines) is 1. The summed E-state index contributed by atoms with van der Waals surface area (Å²) in [7, 11) is -0.480. The molecule has 2 rings (SSSR count). The number of nitrogens with zero attached hydrogens (tertiary/aromatic N) is 2. The Bertz CT molecular complexity index is 736. The lowest BCUT2D eigenvalue weighted by molar-refractivity contribution is -0.134. The zero-order chi connectivity index (χ0) is 19.5. The van der Waals surface area contributed by atoms with Gasteiger partial charge in [0.15, 0.2) is 6.61 Å². The van der Waals surface area contributed by atoms with Crippen LogP contribution in [0.5, 0.6) is 5.75 Å². The number of piperidine rings is 1. The van der Waals surface area contributed by atoms with Gasteiger partial charge in [-0.2, -0.15) is 17.4 Å². The molecule has 7 nitrogen and oxygen atoms in total. The molecule has 1 aliphatic rings. The highest BCUT2D eigenvalue weighted by molar-refractivity contribution is 7.87. The molecule has 0 radical (unpaired) electrons. The van der Waals surface area contributed by atoms with Gasteiger partial charge in [0.25, 0.3) is 16.1 Å². The first-order valence-corrected chi connectivity index (χ1v) is 10.3. The molecule has 26 heavy (non-hydrogen) atoms. The van der Waals surface area contributed by atoms with Crippen molar-refractivity contribution in [1.82, 2.24) is 13.9 Å². The predicted octanol–water partition coefficient (Wildman–Crippen LogP) is 1.72. The first-order chi connectivity index (χ1) is 12.1. The van der Waals surface area contributed by atoms with Crippen LogP contribution in [0, 0.1) is 13.8 Å². The van der Waals surface area contributed by atoms with Crippen molar-refractivity contribution in [3.8, 4) is 5.75 Å². The third kappa shape index (κ3) is 5.33. The van der Waals surface area contributed by atoms with Crippen molar-refractivity contribution in [2.45, 2.75) is 32.7 Å². The predicted molar refractivity (Wildman–Crippen MR) is 102 cm³/mol. The molecular formula is C17H26ClN3O4S. The molecule has 1 aromatic rings. The van der Waals surface area contributed by atoms with E-state index in [4.69, 9.17) is 16.3 Å². The summed E-state index contributed by atoms with van der Waals surface area (Å²) in [6, 6.07) is 3.46. The van der Waals surface area contributed by atoms with E-state index in [1.807, 2.05) is 26.0 Å². The number of rotatable bonds is 6. The fraction of sp³-hybridized carbons (Fsp3) is 0.588. The summed E-state index contributed by atoms with van der Waals surface area (Å²) in [4.78, 5) is 14.0. The van der Waals surface area contributed by atoms with Crippen molar-refractivity contribution in [3.05, 3.63) is 28.3 Å². The number of carbonyl (C=O) groups is 1. The lowest BCUT2D eigenvalue weighted by atomic mass is 10.1. The number of nitrogens with one attached hydrogen (secondary N) is 1. The molecule has 1 N–H and O–H groups in total. The third-order valence-electron chi connectivity index (χ3n) is 4.42. The fourth-order valence-electron chi connectivity index (χ4n) is 2.79. The molecule has 1 aromatic carbocycles. The summed E-state index contributed by atoms with van der Waals surface area (Å²) in [5.74, 6) is 0.510. The molecule has 0 atom stereocenters. The van der Waals surface area contributed by atoms with Crippen LogP contribution in [-0.2, 0) is 15.0 Å². The van der Waals surface area contributed by atoms with Crippen molar-refractivity contribution in [2.24, 2.45) is 0 Å². The number of hydrogen-bond donors (Lipinski definition) is 1. The van der Waals surface area contributed by atoms with Gasteiger partial charge < -0.3 is 9.64 Å². The first-order valence-electron chi connectivity index (χ1n) is 8.47. The highest BCUT2D eigenvalue weighted by Gasteiger charge is 2.26. The van der Waals surface area contributed by atoms with E-state index in [1.165, 1.54) is 14.1 Å². The van der Waals surface area contributed by atoms with Crippen molar-refractivity contribution in [3.63, 3.8) is 0 Å². The van der Waals surface area contributed by atoms with E-state index in [0.29, 0.717) is 36.7 Å². The molecule has 9 heteroatoms. The van der Waals surface area contributed by atoms with Gasteiger partial charge in [0.05, 0.1) is 0 Å². The number of halogens is 1. The molecule has 0 aromatic heterocycles. The van der Waals surface area contributed by atoms with Crippen LogP contribution < -0.4 is 9.46 Å². The molecule has 0 bridgehead atoms. The van der Waals surface area contributed by atoms with Crippen LogP contribution in [0.3, 0.4) is 0 Å². The van der Waals surface area contributed by atoms with Gasteiger partial charge in [0.2, 0.25) is 0 Å². The van der Waals surface area contributed by atoms with Gasteiger partial charge in [0, 0.05) is 38.2 Å². The van der Waals surface area contributed by atoms with Crippen molar-refractivity contribution in [2.75, 3.05) is 33.8 Å². The SMILES string of the molecule is Cc1cc(OCC(=O)N2CCC(NS(=O)(=O)N(C)C)CC2)cc(C)c1Cl. The quantitative estimate of drug-likeness (QED) is 0.784. The van der Waals surface area contributed by atoms with Gasteiger partial charge >= 0.3 is 0 Å². The number of hydrogen-bond acceptors (Lipinski definition) is 4. The second kappa shape index (κ2) is 8.56. The summed E-state index contributed by atoms with van der Waals surface area (Å²) < 4.78 is 33.1. The molecule has 1 fully saturated rings. The summed E-state index contributed by atoms with van der Waals surface area (Å²) >= 11 is 6.13. The molecule has 1 heterocycles. The highest BCUT2D eigenvalue weighted by Crippen LogP contribution is 2.26. The number of aryl methyl sites for hydroxylation is 2. The van der Waals surface area contributed by atoms with Crippen LogP contribution in [-0.4, -0.2) is 63.4 Å². The van der Waals surface area contributed by atoms with E-state index in [0.717, 1.165) is 15.4 Å². The topological polar surface area (TPSA) is 79.0 Å². The normalized spacial score (nSPS) is 16.2. The Labute approximate surface area is 160 Å². The van der Waals surface area contributed by atoms with E-state index < -0.39 is 10.2 Å². The molecule has 1 amide bonds. The monoisotopic (exact) mass is 403 g/mol. The number of carbonyl (C=O) groups excluding carboxylic acids is 1. The Morgan fingerprint density at radius 3 is 2.31 bits per heavy atom. The molecule has 0 spiro atoms. The summed E-state index contributed by atoms with van der Waals surface area (Å²) in [6.45, 7) is 4.74. The highest BCUT2D eigenvalue weighted by atomic mass is 35.5. The van der Waals surface area contributed by atoms with Gasteiger partial charge in [-0.1, -0.05) is 11.6 Å². The number of benzene rings is 1.